The van der Waals surface area contributed by atoms with Gasteiger partial charge >= 0.3 is 6.18 Å². The molecule has 2 unspecified atom stereocenters. The van der Waals surface area contributed by atoms with Crippen LogP contribution in [0.5, 0.6) is 0 Å². The van der Waals surface area contributed by atoms with Crippen LogP contribution in [0.25, 0.3) is 0 Å². The topological polar surface area (TPSA) is 44.5 Å². The smallest absolute Gasteiger partial charge is 0.377 e. The Labute approximate surface area is 115 Å². The predicted molar refractivity (Wildman–Crippen MR) is 68.2 cm³/mol. The molecule has 1 aliphatic rings. The zero-order chi connectivity index (χ0) is 14.6. The standard InChI is InChI=1S/C14H18F3NO2/c15-14(16,17)11-4-1-3-10(7-11)13(18)9-19-8-12-5-2-6-20-12/h1,3-4,7,12-13H,2,5-6,8-9,18H2. The van der Waals surface area contributed by atoms with Crippen LogP contribution in [0, 0.1) is 0 Å². The van der Waals surface area contributed by atoms with E-state index in [0.29, 0.717) is 12.2 Å². The van der Waals surface area contributed by atoms with Gasteiger partial charge < -0.3 is 15.2 Å². The molecule has 0 aromatic heterocycles. The summed E-state index contributed by atoms with van der Waals surface area (Å²) in [6.07, 6.45) is -2.29. The van der Waals surface area contributed by atoms with Crippen molar-refractivity contribution in [3.05, 3.63) is 35.4 Å². The third-order valence-electron chi connectivity index (χ3n) is 3.27. The van der Waals surface area contributed by atoms with Gasteiger partial charge in [-0.2, -0.15) is 13.2 Å². The Hall–Kier alpha value is -1.11. The Kier molecular flexibility index (Phi) is 5.01. The second kappa shape index (κ2) is 6.56. The third-order valence-corrected chi connectivity index (χ3v) is 3.27. The molecular formula is C14H18F3NO2. The minimum Gasteiger partial charge on any atom is -0.377 e. The maximum absolute atomic E-state index is 12.6. The first-order chi connectivity index (χ1) is 9.47. The molecule has 6 heteroatoms. The van der Waals surface area contributed by atoms with E-state index in [4.69, 9.17) is 15.2 Å². The van der Waals surface area contributed by atoms with E-state index < -0.39 is 17.8 Å². The van der Waals surface area contributed by atoms with Crippen LogP contribution in [0.1, 0.15) is 30.0 Å². The second-order valence-electron chi connectivity index (χ2n) is 4.90. The van der Waals surface area contributed by atoms with Gasteiger partial charge in [0.2, 0.25) is 0 Å². The quantitative estimate of drug-likeness (QED) is 0.906. The Morgan fingerprint density at radius 2 is 2.20 bits per heavy atom. The van der Waals surface area contributed by atoms with Gasteiger partial charge in [-0.05, 0) is 30.5 Å². The molecule has 1 aromatic carbocycles. The van der Waals surface area contributed by atoms with Crippen molar-refractivity contribution in [2.75, 3.05) is 19.8 Å². The van der Waals surface area contributed by atoms with Gasteiger partial charge in [-0.1, -0.05) is 12.1 Å². The van der Waals surface area contributed by atoms with Crippen molar-refractivity contribution in [1.82, 2.24) is 0 Å². The van der Waals surface area contributed by atoms with E-state index in [-0.39, 0.29) is 12.7 Å². The average Bonchev–Trinajstić information content (AvgIpc) is 2.91. The predicted octanol–water partition coefficient (Wildman–Crippen LogP) is 2.90. The molecule has 1 aromatic rings. The fourth-order valence-corrected chi connectivity index (χ4v) is 2.14. The minimum absolute atomic E-state index is 0.0868. The van der Waals surface area contributed by atoms with Crippen LogP contribution in [-0.2, 0) is 15.7 Å². The lowest BCUT2D eigenvalue weighted by Gasteiger charge is -2.16. The lowest BCUT2D eigenvalue weighted by Crippen LogP contribution is -2.22. The van der Waals surface area contributed by atoms with Crippen LogP contribution >= 0.6 is 0 Å². The molecule has 1 saturated heterocycles. The van der Waals surface area contributed by atoms with Gasteiger partial charge in [-0.15, -0.1) is 0 Å². The average molecular weight is 289 g/mol. The van der Waals surface area contributed by atoms with E-state index in [2.05, 4.69) is 0 Å². The molecule has 0 spiro atoms. The van der Waals surface area contributed by atoms with Crippen LogP contribution in [0.2, 0.25) is 0 Å². The molecule has 0 amide bonds. The lowest BCUT2D eigenvalue weighted by atomic mass is 10.0. The van der Waals surface area contributed by atoms with Crippen LogP contribution in [-0.4, -0.2) is 25.9 Å². The number of halogens is 3. The maximum atomic E-state index is 12.6. The number of hydrogen-bond acceptors (Lipinski definition) is 3. The van der Waals surface area contributed by atoms with Crippen molar-refractivity contribution in [2.45, 2.75) is 31.2 Å². The highest BCUT2D eigenvalue weighted by Gasteiger charge is 2.30. The molecule has 1 aliphatic heterocycles. The summed E-state index contributed by atoms with van der Waals surface area (Å²) in [4.78, 5) is 0. The van der Waals surface area contributed by atoms with Crippen molar-refractivity contribution in [2.24, 2.45) is 5.73 Å². The number of hydrogen-bond donors (Lipinski definition) is 1. The summed E-state index contributed by atoms with van der Waals surface area (Å²) >= 11 is 0. The SMILES string of the molecule is NC(COCC1CCCO1)c1cccc(C(F)(F)F)c1. The van der Waals surface area contributed by atoms with E-state index >= 15 is 0 Å². The Morgan fingerprint density at radius 1 is 1.40 bits per heavy atom. The van der Waals surface area contributed by atoms with Crippen molar-refractivity contribution in [3.63, 3.8) is 0 Å². The highest BCUT2D eigenvalue weighted by Crippen LogP contribution is 2.30. The fraction of sp³-hybridized carbons (Fsp3) is 0.571. The summed E-state index contributed by atoms with van der Waals surface area (Å²) in [6, 6.07) is 4.47. The summed E-state index contributed by atoms with van der Waals surface area (Å²) in [5.41, 5.74) is 5.59. The van der Waals surface area contributed by atoms with Gasteiger partial charge in [0.15, 0.2) is 0 Å². The zero-order valence-electron chi connectivity index (χ0n) is 11.0. The highest BCUT2D eigenvalue weighted by molar-refractivity contribution is 5.27. The summed E-state index contributed by atoms with van der Waals surface area (Å²) in [5.74, 6) is 0. The molecule has 2 atom stereocenters. The largest absolute Gasteiger partial charge is 0.416 e. The molecule has 0 radical (unpaired) electrons. The van der Waals surface area contributed by atoms with Gasteiger partial charge in [-0.25, -0.2) is 0 Å². The van der Waals surface area contributed by atoms with Gasteiger partial charge in [0.25, 0.3) is 0 Å². The maximum Gasteiger partial charge on any atom is 0.416 e. The van der Waals surface area contributed by atoms with Gasteiger partial charge in [-0.3, -0.25) is 0 Å². The Morgan fingerprint density at radius 3 is 2.85 bits per heavy atom. The van der Waals surface area contributed by atoms with E-state index in [9.17, 15) is 13.2 Å². The van der Waals surface area contributed by atoms with E-state index in [1.165, 1.54) is 6.07 Å². The van der Waals surface area contributed by atoms with Gasteiger partial charge in [0.1, 0.15) is 0 Å². The van der Waals surface area contributed by atoms with Crippen LogP contribution in [0.4, 0.5) is 13.2 Å². The number of nitrogens with two attached hydrogens (primary N) is 1. The van der Waals surface area contributed by atoms with E-state index in [1.807, 2.05) is 0 Å². The highest BCUT2D eigenvalue weighted by atomic mass is 19.4. The molecule has 0 bridgehead atoms. The molecule has 1 fully saturated rings. The molecular weight excluding hydrogens is 271 g/mol. The number of benzene rings is 1. The number of rotatable bonds is 5. The first-order valence-corrected chi connectivity index (χ1v) is 6.59. The number of alkyl halides is 3. The molecule has 0 aliphatic carbocycles. The Bertz CT molecular complexity index is 431. The van der Waals surface area contributed by atoms with E-state index in [1.54, 1.807) is 6.07 Å². The van der Waals surface area contributed by atoms with Crippen molar-refractivity contribution in [1.29, 1.82) is 0 Å². The van der Waals surface area contributed by atoms with E-state index in [0.717, 1.165) is 31.6 Å². The van der Waals surface area contributed by atoms with Crippen molar-refractivity contribution < 1.29 is 22.6 Å². The van der Waals surface area contributed by atoms with Crippen LogP contribution < -0.4 is 5.73 Å². The molecule has 1 heterocycles. The molecule has 20 heavy (non-hydrogen) atoms. The molecule has 2 rings (SSSR count). The third kappa shape index (κ3) is 4.19. The summed E-state index contributed by atoms with van der Waals surface area (Å²) in [6.45, 7) is 1.36. The summed E-state index contributed by atoms with van der Waals surface area (Å²) in [7, 11) is 0. The molecule has 0 saturated carbocycles. The molecule has 2 N–H and O–H groups in total. The summed E-state index contributed by atoms with van der Waals surface area (Å²) < 4.78 is 48.6. The first-order valence-electron chi connectivity index (χ1n) is 6.59. The fourth-order valence-electron chi connectivity index (χ4n) is 2.14. The second-order valence-corrected chi connectivity index (χ2v) is 4.90. The normalized spacial score (nSPS) is 21.1. The van der Waals surface area contributed by atoms with Crippen molar-refractivity contribution in [3.8, 4) is 0 Å². The monoisotopic (exact) mass is 289 g/mol. The van der Waals surface area contributed by atoms with Gasteiger partial charge in [0.05, 0.1) is 30.9 Å². The Balaban J connectivity index is 1.86. The first kappa shape index (κ1) is 15.3. The zero-order valence-corrected chi connectivity index (χ0v) is 11.0. The van der Waals surface area contributed by atoms with Crippen LogP contribution in [0.15, 0.2) is 24.3 Å². The number of ether oxygens (including phenoxy) is 2. The summed E-state index contributed by atoms with van der Waals surface area (Å²) in [5, 5.41) is 0. The van der Waals surface area contributed by atoms with Crippen LogP contribution in [0.3, 0.4) is 0 Å². The molecule has 112 valence electrons. The minimum atomic E-state index is -4.35. The van der Waals surface area contributed by atoms with Gasteiger partial charge in [0, 0.05) is 6.61 Å². The van der Waals surface area contributed by atoms with Crippen molar-refractivity contribution >= 4 is 0 Å². The lowest BCUT2D eigenvalue weighted by molar-refractivity contribution is -0.137. The molecule has 3 nitrogen and oxygen atoms in total.